The summed E-state index contributed by atoms with van der Waals surface area (Å²) in [6, 6.07) is 0. The van der Waals surface area contributed by atoms with E-state index in [-0.39, 0.29) is 12.4 Å². The average molecular weight is 391 g/mol. The predicted molar refractivity (Wildman–Crippen MR) is 115 cm³/mol. The zero-order valence-corrected chi connectivity index (χ0v) is 17.6. The Morgan fingerprint density at radius 2 is 2.04 bits per heavy atom. The SMILES string of the molecule is CCCCCC/C=C/C1=CC(=C\C=C\[C@@H](O)[C@@H](O)CCCC(=O)OC)/CCC1. The second-order valence-corrected chi connectivity index (χ2v) is 7.48. The van der Waals surface area contributed by atoms with Crippen molar-refractivity contribution in [3.8, 4) is 0 Å². The summed E-state index contributed by atoms with van der Waals surface area (Å²) in [5.74, 6) is -0.295. The van der Waals surface area contributed by atoms with Gasteiger partial charge in [0, 0.05) is 6.42 Å². The minimum Gasteiger partial charge on any atom is -0.469 e. The molecule has 2 atom stereocenters. The molecule has 4 heteroatoms. The van der Waals surface area contributed by atoms with Crippen LogP contribution < -0.4 is 0 Å². The molecule has 0 unspecified atom stereocenters. The highest BCUT2D eigenvalue weighted by Crippen LogP contribution is 2.23. The highest BCUT2D eigenvalue weighted by Gasteiger charge is 2.13. The molecule has 1 aliphatic rings. The van der Waals surface area contributed by atoms with Gasteiger partial charge < -0.3 is 14.9 Å². The van der Waals surface area contributed by atoms with Crippen LogP contribution in [0.1, 0.15) is 77.6 Å². The van der Waals surface area contributed by atoms with Gasteiger partial charge in [-0.2, -0.15) is 0 Å². The molecule has 0 amide bonds. The maximum atomic E-state index is 11.1. The number of ether oxygens (including phenoxy) is 1. The normalized spacial score (nSPS) is 18.6. The summed E-state index contributed by atoms with van der Waals surface area (Å²) in [5, 5.41) is 20.0. The first-order valence-electron chi connectivity index (χ1n) is 10.7. The van der Waals surface area contributed by atoms with Gasteiger partial charge in [-0.15, -0.1) is 0 Å². The third kappa shape index (κ3) is 11.3. The topological polar surface area (TPSA) is 66.8 Å². The molecular weight excluding hydrogens is 352 g/mol. The van der Waals surface area contributed by atoms with Gasteiger partial charge in [0.2, 0.25) is 0 Å². The molecule has 0 aliphatic heterocycles. The lowest BCUT2D eigenvalue weighted by atomic mass is 9.94. The molecule has 0 saturated carbocycles. The largest absolute Gasteiger partial charge is 0.469 e. The Morgan fingerprint density at radius 1 is 1.21 bits per heavy atom. The summed E-state index contributed by atoms with van der Waals surface area (Å²) in [7, 11) is 1.35. The molecule has 28 heavy (non-hydrogen) atoms. The van der Waals surface area contributed by atoms with Crippen LogP contribution in [0.4, 0.5) is 0 Å². The zero-order chi connectivity index (χ0) is 20.6. The van der Waals surface area contributed by atoms with Crippen LogP contribution in [0, 0.1) is 0 Å². The van der Waals surface area contributed by atoms with E-state index in [0.717, 1.165) is 25.7 Å². The summed E-state index contributed by atoms with van der Waals surface area (Å²) in [5.41, 5.74) is 2.62. The molecule has 0 aromatic heterocycles. The molecule has 0 fully saturated rings. The van der Waals surface area contributed by atoms with Crippen molar-refractivity contribution >= 4 is 5.97 Å². The van der Waals surface area contributed by atoms with E-state index >= 15 is 0 Å². The fourth-order valence-electron chi connectivity index (χ4n) is 3.22. The van der Waals surface area contributed by atoms with Crippen LogP contribution in [0.2, 0.25) is 0 Å². The quantitative estimate of drug-likeness (QED) is 0.336. The van der Waals surface area contributed by atoms with Gasteiger partial charge in [0.05, 0.1) is 19.3 Å². The van der Waals surface area contributed by atoms with Gasteiger partial charge in [-0.3, -0.25) is 4.79 Å². The van der Waals surface area contributed by atoms with E-state index in [0.29, 0.717) is 12.8 Å². The van der Waals surface area contributed by atoms with Gasteiger partial charge in [0.15, 0.2) is 0 Å². The zero-order valence-electron chi connectivity index (χ0n) is 17.6. The molecule has 0 radical (unpaired) electrons. The second-order valence-electron chi connectivity index (χ2n) is 7.48. The first kappa shape index (κ1) is 24.4. The maximum absolute atomic E-state index is 11.1. The number of aliphatic hydroxyl groups is 2. The monoisotopic (exact) mass is 390 g/mol. The number of hydrogen-bond acceptors (Lipinski definition) is 4. The van der Waals surface area contributed by atoms with Crippen molar-refractivity contribution in [2.75, 3.05) is 7.11 Å². The number of hydrogen-bond donors (Lipinski definition) is 2. The van der Waals surface area contributed by atoms with E-state index in [1.165, 1.54) is 43.9 Å². The standard InChI is InChI=1S/C24H38O4/c1-3-4-5-6-7-8-12-20-13-9-14-21(19-20)15-10-16-22(25)23(26)17-11-18-24(27)28-2/h8,10,12,15-16,19,22-23,25-26H,3-7,9,11,13-14,17-18H2,1-2H3/b12-8+,16-10+,21-15-/t22-,23+/m1/s1. The molecule has 0 saturated heterocycles. The molecule has 1 rings (SSSR count). The summed E-state index contributed by atoms with van der Waals surface area (Å²) in [6.07, 6.45) is 21.2. The molecule has 0 aromatic rings. The summed E-state index contributed by atoms with van der Waals surface area (Å²) >= 11 is 0. The minimum absolute atomic E-state index is 0.258. The van der Waals surface area contributed by atoms with E-state index in [9.17, 15) is 15.0 Å². The lowest BCUT2D eigenvalue weighted by Gasteiger charge is -2.14. The highest BCUT2D eigenvalue weighted by atomic mass is 16.5. The summed E-state index contributed by atoms with van der Waals surface area (Å²) < 4.78 is 4.56. The van der Waals surface area contributed by atoms with Crippen LogP contribution in [0.3, 0.4) is 0 Å². The van der Waals surface area contributed by atoms with Gasteiger partial charge in [0.1, 0.15) is 0 Å². The van der Waals surface area contributed by atoms with Gasteiger partial charge in [-0.25, -0.2) is 0 Å². The molecule has 0 spiro atoms. The van der Waals surface area contributed by atoms with Gasteiger partial charge in [-0.05, 0) is 56.1 Å². The molecule has 158 valence electrons. The molecule has 1 aliphatic carbocycles. The molecule has 0 aromatic carbocycles. The Morgan fingerprint density at radius 3 is 2.79 bits per heavy atom. The van der Waals surface area contributed by atoms with E-state index in [1.807, 2.05) is 12.2 Å². The van der Waals surface area contributed by atoms with Crippen molar-refractivity contribution in [3.05, 3.63) is 47.6 Å². The van der Waals surface area contributed by atoms with Crippen molar-refractivity contribution in [3.63, 3.8) is 0 Å². The maximum Gasteiger partial charge on any atom is 0.305 e. The van der Waals surface area contributed by atoms with Crippen molar-refractivity contribution in [1.29, 1.82) is 0 Å². The molecule has 0 heterocycles. The lowest BCUT2D eigenvalue weighted by Crippen LogP contribution is -2.23. The Kier molecular flexibility index (Phi) is 13.3. The third-order valence-corrected chi connectivity index (χ3v) is 4.98. The van der Waals surface area contributed by atoms with Crippen molar-refractivity contribution in [2.45, 2.75) is 89.8 Å². The van der Waals surface area contributed by atoms with Crippen LogP contribution >= 0.6 is 0 Å². The number of esters is 1. The number of rotatable bonds is 13. The number of carbonyl (C=O) groups is 1. The first-order chi connectivity index (χ1) is 13.6. The summed E-state index contributed by atoms with van der Waals surface area (Å²) in [6.45, 7) is 2.23. The van der Waals surface area contributed by atoms with Crippen LogP contribution in [0.15, 0.2) is 47.6 Å². The Hall–Kier alpha value is -1.65. The Balaban J connectivity index is 2.42. The predicted octanol–water partition coefficient (Wildman–Crippen LogP) is 5.17. The second kappa shape index (κ2) is 15.3. The average Bonchev–Trinajstić information content (AvgIpc) is 2.70. The van der Waals surface area contributed by atoms with Gasteiger partial charge in [-0.1, -0.05) is 62.6 Å². The number of allylic oxidation sites excluding steroid dienone is 7. The van der Waals surface area contributed by atoms with Crippen molar-refractivity contribution < 1.29 is 19.7 Å². The van der Waals surface area contributed by atoms with Crippen LogP contribution in [-0.4, -0.2) is 35.5 Å². The van der Waals surface area contributed by atoms with Gasteiger partial charge in [0.25, 0.3) is 0 Å². The number of aliphatic hydroxyl groups excluding tert-OH is 2. The van der Waals surface area contributed by atoms with Crippen molar-refractivity contribution in [1.82, 2.24) is 0 Å². The van der Waals surface area contributed by atoms with E-state index < -0.39 is 12.2 Å². The highest BCUT2D eigenvalue weighted by molar-refractivity contribution is 5.68. The lowest BCUT2D eigenvalue weighted by molar-refractivity contribution is -0.140. The minimum atomic E-state index is -0.926. The van der Waals surface area contributed by atoms with Gasteiger partial charge >= 0.3 is 5.97 Å². The number of unbranched alkanes of at least 4 members (excludes halogenated alkanes) is 4. The third-order valence-electron chi connectivity index (χ3n) is 4.98. The molecule has 2 N–H and O–H groups in total. The van der Waals surface area contributed by atoms with E-state index in [2.05, 4.69) is 29.9 Å². The number of methoxy groups -OCH3 is 1. The molecule has 4 nitrogen and oxygen atoms in total. The van der Waals surface area contributed by atoms with Crippen LogP contribution in [0.5, 0.6) is 0 Å². The number of carbonyl (C=O) groups excluding carboxylic acids is 1. The Bertz CT molecular complexity index is 557. The van der Waals surface area contributed by atoms with E-state index in [1.54, 1.807) is 6.08 Å². The van der Waals surface area contributed by atoms with E-state index in [4.69, 9.17) is 0 Å². The van der Waals surface area contributed by atoms with Crippen LogP contribution in [0.25, 0.3) is 0 Å². The fraction of sp³-hybridized carbons (Fsp3) is 0.625. The van der Waals surface area contributed by atoms with Crippen LogP contribution in [-0.2, 0) is 9.53 Å². The molecule has 0 bridgehead atoms. The molecular formula is C24H38O4. The summed E-state index contributed by atoms with van der Waals surface area (Å²) in [4.78, 5) is 11.1. The Labute approximate surface area is 170 Å². The van der Waals surface area contributed by atoms with Crippen molar-refractivity contribution in [2.24, 2.45) is 0 Å². The smallest absolute Gasteiger partial charge is 0.305 e. The first-order valence-corrected chi connectivity index (χ1v) is 10.7. The fourth-order valence-corrected chi connectivity index (χ4v) is 3.22.